The van der Waals surface area contributed by atoms with E-state index in [0.29, 0.717) is 42.1 Å². The standard InChI is InChI=1S/C18H24ClN5O2.HI/c1-4-20-18(23-11-16-24-12(2)13(3)26-16)22-10-9-21-17(25)14-7-5-6-8-15(14)19;/h5-8H,4,9-11H2,1-3H3,(H,21,25)(H2,20,22,23);1H. The third kappa shape index (κ3) is 7.37. The molecule has 148 valence electrons. The van der Waals surface area contributed by atoms with Crippen molar-refractivity contribution in [1.82, 2.24) is 20.9 Å². The average Bonchev–Trinajstić information content (AvgIpc) is 2.94. The zero-order chi connectivity index (χ0) is 18.9. The molecule has 0 atom stereocenters. The Morgan fingerprint density at radius 2 is 1.89 bits per heavy atom. The van der Waals surface area contributed by atoms with Crippen molar-refractivity contribution in [3.8, 4) is 0 Å². The lowest BCUT2D eigenvalue weighted by molar-refractivity contribution is 0.0954. The number of guanidine groups is 1. The van der Waals surface area contributed by atoms with Gasteiger partial charge >= 0.3 is 0 Å². The number of aliphatic imine (C=N–C) groups is 1. The van der Waals surface area contributed by atoms with Gasteiger partial charge in [0.2, 0.25) is 5.89 Å². The number of aromatic nitrogens is 1. The van der Waals surface area contributed by atoms with Crippen LogP contribution >= 0.6 is 35.6 Å². The van der Waals surface area contributed by atoms with Crippen LogP contribution in [0.5, 0.6) is 0 Å². The summed E-state index contributed by atoms with van der Waals surface area (Å²) in [6.45, 7) is 7.78. The number of benzene rings is 1. The van der Waals surface area contributed by atoms with E-state index in [1.165, 1.54) is 0 Å². The minimum Gasteiger partial charge on any atom is -0.444 e. The van der Waals surface area contributed by atoms with Crippen LogP contribution in [0.3, 0.4) is 0 Å². The predicted octanol–water partition coefficient (Wildman–Crippen LogP) is 3.05. The summed E-state index contributed by atoms with van der Waals surface area (Å²) in [5, 5.41) is 9.55. The van der Waals surface area contributed by atoms with E-state index in [9.17, 15) is 4.79 Å². The fourth-order valence-corrected chi connectivity index (χ4v) is 2.41. The van der Waals surface area contributed by atoms with Crippen LogP contribution in [0, 0.1) is 13.8 Å². The summed E-state index contributed by atoms with van der Waals surface area (Å²) >= 11 is 6.02. The first kappa shape index (κ1) is 23.2. The maximum atomic E-state index is 12.1. The molecule has 7 nitrogen and oxygen atoms in total. The van der Waals surface area contributed by atoms with Crippen LogP contribution in [-0.4, -0.2) is 36.5 Å². The molecule has 0 aliphatic rings. The van der Waals surface area contributed by atoms with E-state index in [1.807, 2.05) is 20.8 Å². The van der Waals surface area contributed by atoms with Crippen LogP contribution in [0.2, 0.25) is 5.02 Å². The van der Waals surface area contributed by atoms with Crippen LogP contribution < -0.4 is 16.0 Å². The number of carbonyl (C=O) groups excluding carboxylic acids is 1. The van der Waals surface area contributed by atoms with Gasteiger partial charge in [0, 0.05) is 19.6 Å². The molecule has 0 saturated heterocycles. The molecule has 9 heteroatoms. The molecule has 0 saturated carbocycles. The van der Waals surface area contributed by atoms with Crippen molar-refractivity contribution in [3.05, 3.63) is 52.2 Å². The van der Waals surface area contributed by atoms with Gasteiger partial charge in [0.25, 0.3) is 5.91 Å². The van der Waals surface area contributed by atoms with Crippen molar-refractivity contribution in [2.45, 2.75) is 27.3 Å². The number of nitrogens with zero attached hydrogens (tertiary/aromatic N) is 2. The molecule has 0 fully saturated rings. The quantitative estimate of drug-likeness (QED) is 0.233. The fraction of sp³-hybridized carbons (Fsp3) is 0.389. The molecule has 0 spiro atoms. The zero-order valence-corrected chi connectivity index (χ0v) is 18.7. The summed E-state index contributed by atoms with van der Waals surface area (Å²) in [7, 11) is 0. The minimum atomic E-state index is -0.204. The molecule has 0 unspecified atom stereocenters. The van der Waals surface area contributed by atoms with Gasteiger partial charge in [-0.05, 0) is 32.9 Å². The lowest BCUT2D eigenvalue weighted by Crippen LogP contribution is -2.41. The van der Waals surface area contributed by atoms with Gasteiger partial charge in [-0.25, -0.2) is 9.98 Å². The average molecular weight is 506 g/mol. The van der Waals surface area contributed by atoms with Crippen molar-refractivity contribution in [2.24, 2.45) is 4.99 Å². The number of nitrogens with one attached hydrogen (secondary N) is 3. The Kier molecular flexibility index (Phi) is 10.2. The van der Waals surface area contributed by atoms with Crippen LogP contribution in [0.25, 0.3) is 0 Å². The number of hydrogen-bond acceptors (Lipinski definition) is 4. The van der Waals surface area contributed by atoms with Crippen molar-refractivity contribution in [3.63, 3.8) is 0 Å². The second kappa shape index (κ2) is 11.8. The molecule has 1 aromatic heterocycles. The summed E-state index contributed by atoms with van der Waals surface area (Å²) in [5.74, 6) is 1.80. The van der Waals surface area contributed by atoms with E-state index in [0.717, 1.165) is 18.0 Å². The molecule has 0 aliphatic carbocycles. The Hall–Kier alpha value is -1.81. The number of hydrogen-bond donors (Lipinski definition) is 3. The second-order valence-corrected chi connectivity index (χ2v) is 6.01. The molecular formula is C18H25ClIN5O2. The number of amides is 1. The van der Waals surface area contributed by atoms with Gasteiger partial charge in [-0.15, -0.1) is 24.0 Å². The van der Waals surface area contributed by atoms with E-state index >= 15 is 0 Å². The zero-order valence-electron chi connectivity index (χ0n) is 15.6. The monoisotopic (exact) mass is 505 g/mol. The number of oxazole rings is 1. The Bertz CT molecular complexity index is 759. The molecule has 2 rings (SSSR count). The van der Waals surface area contributed by atoms with Crippen LogP contribution in [-0.2, 0) is 6.54 Å². The van der Waals surface area contributed by atoms with Gasteiger partial charge in [-0.1, -0.05) is 23.7 Å². The van der Waals surface area contributed by atoms with Gasteiger partial charge < -0.3 is 20.4 Å². The van der Waals surface area contributed by atoms with Crippen LogP contribution in [0.4, 0.5) is 0 Å². The van der Waals surface area contributed by atoms with E-state index in [4.69, 9.17) is 16.0 Å². The Labute approximate surface area is 181 Å². The topological polar surface area (TPSA) is 91.6 Å². The Morgan fingerprint density at radius 3 is 2.52 bits per heavy atom. The maximum Gasteiger partial charge on any atom is 0.252 e. The van der Waals surface area contributed by atoms with Gasteiger partial charge in [-0.3, -0.25) is 4.79 Å². The lowest BCUT2D eigenvalue weighted by atomic mass is 10.2. The van der Waals surface area contributed by atoms with Gasteiger partial charge in [-0.2, -0.15) is 0 Å². The molecule has 27 heavy (non-hydrogen) atoms. The third-order valence-electron chi connectivity index (χ3n) is 3.61. The fourth-order valence-electron chi connectivity index (χ4n) is 2.19. The maximum absolute atomic E-state index is 12.1. The molecule has 0 radical (unpaired) electrons. The highest BCUT2D eigenvalue weighted by Crippen LogP contribution is 2.14. The van der Waals surface area contributed by atoms with Crippen molar-refractivity contribution < 1.29 is 9.21 Å². The molecule has 1 heterocycles. The van der Waals surface area contributed by atoms with Gasteiger partial charge in [0.1, 0.15) is 12.3 Å². The van der Waals surface area contributed by atoms with E-state index < -0.39 is 0 Å². The molecular weight excluding hydrogens is 481 g/mol. The predicted molar refractivity (Wildman–Crippen MR) is 118 cm³/mol. The SMILES string of the molecule is CCNC(=NCc1nc(C)c(C)o1)NCCNC(=O)c1ccccc1Cl.I. The van der Waals surface area contributed by atoms with E-state index in [-0.39, 0.29) is 29.9 Å². The number of aryl methyl sites for hydroxylation is 2. The summed E-state index contributed by atoms with van der Waals surface area (Å²) in [6.07, 6.45) is 0. The molecule has 3 N–H and O–H groups in total. The summed E-state index contributed by atoms with van der Waals surface area (Å²) in [6, 6.07) is 6.95. The molecule has 1 amide bonds. The number of rotatable bonds is 7. The largest absolute Gasteiger partial charge is 0.444 e. The molecule has 1 aromatic carbocycles. The van der Waals surface area contributed by atoms with E-state index in [2.05, 4.69) is 25.9 Å². The van der Waals surface area contributed by atoms with Crippen molar-refractivity contribution in [1.29, 1.82) is 0 Å². The highest BCUT2D eigenvalue weighted by Gasteiger charge is 2.09. The third-order valence-corrected chi connectivity index (χ3v) is 3.94. The molecule has 0 bridgehead atoms. The van der Waals surface area contributed by atoms with Crippen LogP contribution in [0.1, 0.15) is 34.6 Å². The Balaban J connectivity index is 0.00000364. The van der Waals surface area contributed by atoms with E-state index in [1.54, 1.807) is 24.3 Å². The normalized spacial score (nSPS) is 10.9. The number of halogens is 2. The molecule has 0 aliphatic heterocycles. The number of carbonyl (C=O) groups is 1. The van der Waals surface area contributed by atoms with Gasteiger partial charge in [0.15, 0.2) is 5.96 Å². The van der Waals surface area contributed by atoms with Crippen molar-refractivity contribution in [2.75, 3.05) is 19.6 Å². The highest BCUT2D eigenvalue weighted by molar-refractivity contribution is 14.0. The highest BCUT2D eigenvalue weighted by atomic mass is 127. The van der Waals surface area contributed by atoms with Gasteiger partial charge in [0.05, 0.1) is 16.3 Å². The van der Waals surface area contributed by atoms with Crippen molar-refractivity contribution >= 4 is 47.4 Å². The first-order valence-electron chi connectivity index (χ1n) is 8.49. The summed E-state index contributed by atoms with van der Waals surface area (Å²) < 4.78 is 5.52. The smallest absolute Gasteiger partial charge is 0.252 e. The summed E-state index contributed by atoms with van der Waals surface area (Å²) in [4.78, 5) is 20.8. The van der Waals surface area contributed by atoms with Crippen LogP contribution in [0.15, 0.2) is 33.7 Å². The molecule has 2 aromatic rings. The second-order valence-electron chi connectivity index (χ2n) is 5.61. The lowest BCUT2D eigenvalue weighted by Gasteiger charge is -2.11. The Morgan fingerprint density at radius 1 is 1.19 bits per heavy atom. The minimum absolute atomic E-state index is 0. The first-order chi connectivity index (χ1) is 12.5. The summed E-state index contributed by atoms with van der Waals surface area (Å²) in [5.41, 5.74) is 1.33. The first-order valence-corrected chi connectivity index (χ1v) is 8.87.